The zero-order chi connectivity index (χ0) is 28.4. The Hall–Kier alpha value is -4.22. The molecule has 2 aromatic heterocycles. The Morgan fingerprint density at radius 1 is 1.10 bits per heavy atom. The van der Waals surface area contributed by atoms with Gasteiger partial charge in [0, 0.05) is 35.0 Å². The van der Waals surface area contributed by atoms with Crippen molar-refractivity contribution in [1.82, 2.24) is 4.98 Å². The summed E-state index contributed by atoms with van der Waals surface area (Å²) in [5.41, 5.74) is 8.11. The molecule has 0 atom stereocenters. The number of aromatic nitrogens is 1. The van der Waals surface area contributed by atoms with Crippen molar-refractivity contribution in [2.45, 2.75) is 18.2 Å². The fourth-order valence-corrected chi connectivity index (χ4v) is 6.52. The van der Waals surface area contributed by atoms with Gasteiger partial charge in [-0.15, -0.1) is 0 Å². The Morgan fingerprint density at radius 2 is 1.85 bits per heavy atom. The summed E-state index contributed by atoms with van der Waals surface area (Å²) in [6.07, 6.45) is 1.98. The number of nitrogens with one attached hydrogen (secondary N) is 1. The van der Waals surface area contributed by atoms with Gasteiger partial charge in [-0.25, -0.2) is 8.42 Å². The molecule has 0 aliphatic rings. The van der Waals surface area contributed by atoms with Crippen LogP contribution in [0.2, 0.25) is 0 Å². The highest BCUT2D eigenvalue weighted by Gasteiger charge is 2.30. The van der Waals surface area contributed by atoms with E-state index in [-0.39, 0.29) is 23.0 Å². The molecule has 0 saturated carbocycles. The zero-order valence-corrected chi connectivity index (χ0v) is 23.8. The number of nitrogens with zero attached hydrogens (tertiary/aromatic N) is 2. The quantitative estimate of drug-likeness (QED) is 0.128. The molecule has 5 rings (SSSR count). The van der Waals surface area contributed by atoms with E-state index in [2.05, 4.69) is 20.9 Å². The van der Waals surface area contributed by atoms with Gasteiger partial charge in [0.1, 0.15) is 28.6 Å². The highest BCUT2D eigenvalue weighted by Crippen LogP contribution is 2.36. The molecular weight excluding hydrogens is 596 g/mol. The van der Waals surface area contributed by atoms with Crippen molar-refractivity contribution in [3.8, 4) is 0 Å². The average Bonchev–Trinajstić information content (AvgIpc) is 3.25. The largest absolute Gasteiger partial charge is 0.465 e. The van der Waals surface area contributed by atoms with E-state index >= 15 is 0 Å². The third kappa shape index (κ3) is 5.30. The second-order valence-corrected chi connectivity index (χ2v) is 11.6. The van der Waals surface area contributed by atoms with Gasteiger partial charge in [-0.05, 0) is 52.7 Å². The second-order valence-electron chi connectivity index (χ2n) is 8.96. The molecule has 0 saturated heterocycles. The molecule has 11 heteroatoms. The van der Waals surface area contributed by atoms with Crippen LogP contribution in [0.4, 0.5) is 5.69 Å². The number of benzene rings is 3. The summed E-state index contributed by atoms with van der Waals surface area (Å²) in [4.78, 5) is 16.8. The molecular formula is C29H25BrN4O5S. The molecule has 3 aromatic carbocycles. The Kier molecular flexibility index (Phi) is 7.59. The topological polar surface area (TPSA) is 140 Å². The number of halogens is 1. The molecule has 0 unspecified atom stereocenters. The lowest BCUT2D eigenvalue weighted by Gasteiger charge is -2.24. The molecule has 0 fully saturated rings. The Morgan fingerprint density at radius 3 is 2.58 bits per heavy atom. The van der Waals surface area contributed by atoms with Crippen LogP contribution >= 0.6 is 15.9 Å². The summed E-state index contributed by atoms with van der Waals surface area (Å²) in [6, 6.07) is 20.6. The normalized spacial score (nSPS) is 11.6. The Labute approximate surface area is 239 Å². The van der Waals surface area contributed by atoms with Crippen LogP contribution in [0.5, 0.6) is 0 Å². The van der Waals surface area contributed by atoms with Crippen LogP contribution in [0.1, 0.15) is 23.8 Å². The number of fused-ring (bicyclic) bond motifs is 2. The maximum atomic E-state index is 14.0. The number of rotatable bonds is 9. The molecule has 0 bridgehead atoms. The minimum atomic E-state index is -4.24. The summed E-state index contributed by atoms with van der Waals surface area (Å²) >= 11 is 3.61. The highest BCUT2D eigenvalue weighted by molar-refractivity contribution is 9.10. The Bertz CT molecular complexity index is 1850. The third-order valence-electron chi connectivity index (χ3n) is 6.34. The first-order valence-corrected chi connectivity index (χ1v) is 14.6. The summed E-state index contributed by atoms with van der Waals surface area (Å²) in [6.45, 7) is 1.25. The molecule has 9 nitrogen and oxygen atoms in total. The molecule has 40 heavy (non-hydrogen) atoms. The summed E-state index contributed by atoms with van der Waals surface area (Å²) < 4.78 is 41.1. The minimum absolute atomic E-state index is 0.00870. The van der Waals surface area contributed by atoms with Gasteiger partial charge in [-0.3, -0.25) is 19.5 Å². The van der Waals surface area contributed by atoms with Crippen molar-refractivity contribution in [2.75, 3.05) is 17.5 Å². The highest BCUT2D eigenvalue weighted by atomic mass is 79.9. The van der Waals surface area contributed by atoms with Gasteiger partial charge in [-0.1, -0.05) is 42.5 Å². The molecule has 0 amide bonds. The van der Waals surface area contributed by atoms with Crippen molar-refractivity contribution in [2.24, 2.45) is 5.73 Å². The second kappa shape index (κ2) is 11.1. The van der Waals surface area contributed by atoms with E-state index < -0.39 is 22.5 Å². The number of anilines is 1. The van der Waals surface area contributed by atoms with Gasteiger partial charge < -0.3 is 14.9 Å². The van der Waals surface area contributed by atoms with Gasteiger partial charge in [0.05, 0.1) is 22.3 Å². The maximum absolute atomic E-state index is 14.0. The van der Waals surface area contributed by atoms with E-state index in [9.17, 15) is 13.2 Å². The maximum Gasteiger partial charge on any atom is 0.326 e. The first kappa shape index (κ1) is 27.4. The number of nitrogens with two attached hydrogens (primary N) is 1. The van der Waals surface area contributed by atoms with Crippen LogP contribution in [0.3, 0.4) is 0 Å². The number of pyridine rings is 1. The predicted molar refractivity (Wildman–Crippen MR) is 157 cm³/mol. The molecule has 2 heterocycles. The van der Waals surface area contributed by atoms with Crippen molar-refractivity contribution in [1.29, 1.82) is 5.41 Å². The molecule has 0 radical (unpaired) electrons. The Balaban J connectivity index is 1.56. The monoisotopic (exact) mass is 620 g/mol. The molecule has 0 aliphatic carbocycles. The first-order chi connectivity index (χ1) is 19.2. The smallest absolute Gasteiger partial charge is 0.326 e. The van der Waals surface area contributed by atoms with Crippen LogP contribution in [-0.2, 0) is 26.0 Å². The summed E-state index contributed by atoms with van der Waals surface area (Å²) in [5, 5.41) is 8.97. The van der Waals surface area contributed by atoms with Crippen molar-refractivity contribution in [3.05, 3.63) is 100 Å². The number of carbonyl (C=O) groups is 1. The number of hydrogen-bond donors (Lipinski definition) is 2. The molecule has 204 valence electrons. The number of esters is 1. The number of ether oxygens (including phenoxy) is 1. The fraction of sp³-hybridized carbons (Fsp3) is 0.138. The number of amidine groups is 1. The van der Waals surface area contributed by atoms with Crippen LogP contribution in [0, 0.1) is 5.41 Å². The van der Waals surface area contributed by atoms with Crippen molar-refractivity contribution < 1.29 is 22.4 Å². The van der Waals surface area contributed by atoms with E-state index in [1.54, 1.807) is 61.5 Å². The standard InChI is InChI=1S/C29H25BrN4O5S/c1-2-38-26(35)17-34(40(36,37)25-7-3-5-19-6-4-14-33-28(19)25)21-12-13-22-23(16-21)39-24(27(22)30)15-18-8-10-20(11-9-18)29(31)32/h3-14,16H,2,15,17H2,1H3,(H3,31,32). The molecule has 0 aliphatic heterocycles. The van der Waals surface area contributed by atoms with Crippen molar-refractivity contribution >= 4 is 65.3 Å². The number of sulfonamides is 1. The van der Waals surface area contributed by atoms with E-state index in [1.165, 1.54) is 12.3 Å². The zero-order valence-electron chi connectivity index (χ0n) is 21.4. The van der Waals surface area contributed by atoms with Gasteiger partial charge in [0.25, 0.3) is 10.0 Å². The van der Waals surface area contributed by atoms with Crippen LogP contribution in [0.15, 0.2) is 92.8 Å². The summed E-state index contributed by atoms with van der Waals surface area (Å²) in [7, 11) is -4.24. The fourth-order valence-electron chi connectivity index (χ4n) is 4.40. The SMILES string of the molecule is CCOC(=O)CN(c1ccc2c(Br)c(Cc3ccc(C(=N)N)cc3)oc2c1)S(=O)(=O)c1cccc2cccnc12. The lowest BCUT2D eigenvalue weighted by atomic mass is 10.1. The van der Waals surface area contributed by atoms with E-state index in [4.69, 9.17) is 20.3 Å². The minimum Gasteiger partial charge on any atom is -0.465 e. The predicted octanol–water partition coefficient (Wildman–Crippen LogP) is 5.38. The first-order valence-electron chi connectivity index (χ1n) is 12.4. The number of furan rings is 1. The molecule has 0 spiro atoms. The van der Waals surface area contributed by atoms with Gasteiger partial charge in [0.2, 0.25) is 0 Å². The number of hydrogen-bond acceptors (Lipinski definition) is 7. The van der Waals surface area contributed by atoms with Gasteiger partial charge in [-0.2, -0.15) is 0 Å². The third-order valence-corrected chi connectivity index (χ3v) is 9.01. The summed E-state index contributed by atoms with van der Waals surface area (Å²) in [5.74, 6) is -0.0546. The lowest BCUT2D eigenvalue weighted by Crippen LogP contribution is -2.36. The number of carbonyl (C=O) groups excluding carboxylic acids is 1. The van der Waals surface area contributed by atoms with E-state index in [1.807, 2.05) is 12.1 Å². The number of nitrogen functional groups attached to an aromatic ring is 1. The molecule has 3 N–H and O–H groups in total. The van der Waals surface area contributed by atoms with Gasteiger partial charge >= 0.3 is 5.97 Å². The van der Waals surface area contributed by atoms with Crippen LogP contribution in [-0.4, -0.2) is 38.4 Å². The van der Waals surface area contributed by atoms with E-state index in [0.717, 1.165) is 19.7 Å². The van der Waals surface area contributed by atoms with Gasteiger partial charge in [0.15, 0.2) is 0 Å². The van der Waals surface area contributed by atoms with Crippen LogP contribution < -0.4 is 10.0 Å². The van der Waals surface area contributed by atoms with Crippen molar-refractivity contribution in [3.63, 3.8) is 0 Å². The number of para-hydroxylation sites is 1. The molecule has 5 aromatic rings. The lowest BCUT2D eigenvalue weighted by molar-refractivity contribution is -0.141. The van der Waals surface area contributed by atoms with Crippen LogP contribution in [0.25, 0.3) is 21.9 Å². The van der Waals surface area contributed by atoms with E-state index in [0.29, 0.717) is 34.2 Å². The average molecular weight is 622 g/mol.